The van der Waals surface area contributed by atoms with Gasteiger partial charge in [-0.05, 0) is 73.2 Å². The third-order valence-electron chi connectivity index (χ3n) is 7.31. The molecular formula is C22H30O3. The number of methoxy groups -OCH3 is 1. The number of rotatable bonds is 4. The minimum atomic E-state index is -0.742. The van der Waals surface area contributed by atoms with E-state index >= 15 is 0 Å². The van der Waals surface area contributed by atoms with Crippen LogP contribution in [0.4, 0.5) is 0 Å². The number of ketones is 1. The highest BCUT2D eigenvalue weighted by Gasteiger charge is 2.61. The van der Waals surface area contributed by atoms with E-state index in [4.69, 9.17) is 4.74 Å². The molecule has 1 fully saturated rings. The van der Waals surface area contributed by atoms with Gasteiger partial charge in [-0.25, -0.2) is 0 Å². The van der Waals surface area contributed by atoms with Crippen molar-refractivity contribution in [1.29, 1.82) is 0 Å². The summed E-state index contributed by atoms with van der Waals surface area (Å²) in [4.78, 5) is 11.8. The maximum Gasteiger partial charge on any atom is 0.156 e. The summed E-state index contributed by atoms with van der Waals surface area (Å²) in [6, 6.07) is 0. The molecule has 0 spiro atoms. The summed E-state index contributed by atoms with van der Waals surface area (Å²) in [7, 11) is 1.70. The molecule has 0 amide bonds. The van der Waals surface area contributed by atoms with Crippen molar-refractivity contribution in [2.45, 2.75) is 63.9 Å². The van der Waals surface area contributed by atoms with Crippen LogP contribution >= 0.6 is 0 Å². The van der Waals surface area contributed by atoms with E-state index in [1.54, 1.807) is 7.11 Å². The molecule has 1 saturated carbocycles. The average Bonchev–Trinajstić information content (AvgIpc) is 2.88. The number of carbonyl (C=O) groups excluding carboxylic acids is 1. The first-order valence-corrected chi connectivity index (χ1v) is 9.92. The first kappa shape index (κ1) is 17.2. The molecule has 0 unspecified atom stereocenters. The summed E-state index contributed by atoms with van der Waals surface area (Å²) in [6.45, 7) is 2.64. The molecular weight excluding hydrogens is 312 g/mol. The number of hydrogen-bond donors (Lipinski definition) is 1. The maximum absolute atomic E-state index is 11.8. The second-order valence-electron chi connectivity index (χ2n) is 8.45. The quantitative estimate of drug-likeness (QED) is 0.836. The first-order valence-electron chi connectivity index (χ1n) is 9.92. The first-order chi connectivity index (χ1) is 12.0. The Kier molecular flexibility index (Phi) is 4.28. The normalized spacial score (nSPS) is 39.8. The van der Waals surface area contributed by atoms with Gasteiger partial charge in [-0.15, -0.1) is 0 Å². The van der Waals surface area contributed by atoms with E-state index in [-0.39, 0.29) is 11.2 Å². The summed E-state index contributed by atoms with van der Waals surface area (Å²) in [5, 5.41) is 11.5. The Morgan fingerprint density at radius 2 is 2.12 bits per heavy atom. The molecule has 0 aliphatic heterocycles. The molecule has 0 aromatic carbocycles. The molecule has 3 nitrogen and oxygen atoms in total. The van der Waals surface area contributed by atoms with Crippen LogP contribution in [0.5, 0.6) is 0 Å². The molecule has 0 aromatic heterocycles. The van der Waals surface area contributed by atoms with E-state index in [0.29, 0.717) is 24.9 Å². The largest absolute Gasteiger partial charge is 0.387 e. The van der Waals surface area contributed by atoms with Crippen LogP contribution in [0.25, 0.3) is 0 Å². The van der Waals surface area contributed by atoms with Crippen molar-refractivity contribution in [3.05, 3.63) is 34.9 Å². The number of ether oxygens (including phenoxy) is 1. The molecule has 25 heavy (non-hydrogen) atoms. The van der Waals surface area contributed by atoms with Gasteiger partial charge in [0.2, 0.25) is 0 Å². The molecule has 4 aliphatic rings. The van der Waals surface area contributed by atoms with Gasteiger partial charge in [0, 0.05) is 18.9 Å². The van der Waals surface area contributed by atoms with Crippen molar-refractivity contribution < 1.29 is 14.6 Å². The van der Waals surface area contributed by atoms with Gasteiger partial charge >= 0.3 is 0 Å². The van der Waals surface area contributed by atoms with E-state index in [2.05, 4.69) is 19.1 Å². The number of carbonyl (C=O) groups is 1. The van der Waals surface area contributed by atoms with Crippen LogP contribution < -0.4 is 0 Å². The molecule has 4 aliphatic carbocycles. The lowest BCUT2D eigenvalue weighted by Gasteiger charge is -2.50. The minimum Gasteiger partial charge on any atom is -0.387 e. The lowest BCUT2D eigenvalue weighted by molar-refractivity contribution is -0.114. The van der Waals surface area contributed by atoms with Crippen LogP contribution in [-0.4, -0.2) is 30.2 Å². The van der Waals surface area contributed by atoms with Crippen LogP contribution in [0.3, 0.4) is 0 Å². The van der Waals surface area contributed by atoms with Crippen LogP contribution in [0.2, 0.25) is 0 Å². The Hall–Kier alpha value is -1.19. The van der Waals surface area contributed by atoms with Crippen molar-refractivity contribution in [2.24, 2.45) is 17.3 Å². The van der Waals surface area contributed by atoms with E-state index in [1.165, 1.54) is 16.7 Å². The smallest absolute Gasteiger partial charge is 0.156 e. The van der Waals surface area contributed by atoms with E-state index in [9.17, 15) is 9.90 Å². The van der Waals surface area contributed by atoms with Crippen molar-refractivity contribution in [1.82, 2.24) is 0 Å². The van der Waals surface area contributed by atoms with Gasteiger partial charge in [-0.1, -0.05) is 25.5 Å². The Labute approximate surface area is 150 Å². The summed E-state index contributed by atoms with van der Waals surface area (Å²) in [6.07, 6.45) is 14.2. The van der Waals surface area contributed by atoms with E-state index < -0.39 is 5.60 Å². The van der Waals surface area contributed by atoms with Gasteiger partial charge in [0.15, 0.2) is 5.78 Å². The van der Waals surface area contributed by atoms with Gasteiger partial charge in [-0.2, -0.15) is 0 Å². The topological polar surface area (TPSA) is 46.5 Å². The Balaban J connectivity index is 1.80. The van der Waals surface area contributed by atoms with Crippen molar-refractivity contribution >= 4 is 5.78 Å². The lowest BCUT2D eigenvalue weighted by Crippen LogP contribution is -2.52. The number of allylic oxidation sites excluding steroid dienone is 5. The SMILES string of the molecule is CCC[C@]12C=CC3=C4CCC(=O)C=C4CC[C@H]3[C@@H]1CC[C@@]2(O)COC. The number of fused-ring (bicyclic) bond motifs is 4. The summed E-state index contributed by atoms with van der Waals surface area (Å²) >= 11 is 0. The van der Waals surface area contributed by atoms with Gasteiger partial charge in [0.25, 0.3) is 0 Å². The fraction of sp³-hybridized carbons (Fsp3) is 0.682. The predicted octanol–water partition coefficient (Wildman–Crippen LogP) is 4.13. The zero-order valence-corrected chi connectivity index (χ0v) is 15.5. The van der Waals surface area contributed by atoms with Crippen LogP contribution in [0.1, 0.15) is 58.3 Å². The molecule has 3 heteroatoms. The second-order valence-corrected chi connectivity index (χ2v) is 8.45. The Bertz CT molecular complexity index is 671. The highest BCUT2D eigenvalue weighted by molar-refractivity contribution is 5.93. The fourth-order valence-corrected chi connectivity index (χ4v) is 6.32. The third kappa shape index (κ3) is 2.43. The van der Waals surface area contributed by atoms with Gasteiger partial charge in [0.05, 0.1) is 12.2 Å². The monoisotopic (exact) mass is 342 g/mol. The van der Waals surface area contributed by atoms with Crippen molar-refractivity contribution in [3.8, 4) is 0 Å². The van der Waals surface area contributed by atoms with Gasteiger partial charge in [0.1, 0.15) is 0 Å². The van der Waals surface area contributed by atoms with Crippen molar-refractivity contribution in [2.75, 3.05) is 13.7 Å². The third-order valence-corrected chi connectivity index (χ3v) is 7.31. The highest BCUT2D eigenvalue weighted by Crippen LogP contribution is 2.62. The van der Waals surface area contributed by atoms with Crippen LogP contribution in [0, 0.1) is 17.3 Å². The zero-order chi connectivity index (χ0) is 17.7. The molecule has 136 valence electrons. The molecule has 1 N–H and O–H groups in total. The molecule has 0 aromatic rings. The molecule has 0 radical (unpaired) electrons. The summed E-state index contributed by atoms with van der Waals surface area (Å²) in [5.74, 6) is 1.32. The number of hydrogen-bond acceptors (Lipinski definition) is 3. The summed E-state index contributed by atoms with van der Waals surface area (Å²) < 4.78 is 5.44. The molecule has 0 heterocycles. The molecule has 4 atom stereocenters. The standard InChI is InChI=1S/C22H30O3/c1-3-10-21-11-8-18-17-7-5-16(23)13-15(17)4-6-19(18)20(21)9-12-22(21,24)14-25-2/h8,11,13,19-20,24H,3-7,9-10,12,14H2,1-2H3/t19-,20+,21+,22-/m1/s1. The number of aliphatic hydroxyl groups is 1. The van der Waals surface area contributed by atoms with Crippen molar-refractivity contribution in [3.63, 3.8) is 0 Å². The van der Waals surface area contributed by atoms with Crippen LogP contribution in [-0.2, 0) is 9.53 Å². The second kappa shape index (κ2) is 6.21. The van der Waals surface area contributed by atoms with Gasteiger partial charge < -0.3 is 9.84 Å². The Morgan fingerprint density at radius 1 is 1.28 bits per heavy atom. The van der Waals surface area contributed by atoms with Crippen LogP contribution in [0.15, 0.2) is 34.9 Å². The zero-order valence-electron chi connectivity index (χ0n) is 15.5. The van der Waals surface area contributed by atoms with E-state index in [0.717, 1.165) is 44.9 Å². The highest BCUT2D eigenvalue weighted by atomic mass is 16.5. The Morgan fingerprint density at radius 3 is 2.88 bits per heavy atom. The summed E-state index contributed by atoms with van der Waals surface area (Å²) in [5.41, 5.74) is 3.27. The fourth-order valence-electron chi connectivity index (χ4n) is 6.32. The predicted molar refractivity (Wildman–Crippen MR) is 98.1 cm³/mol. The molecule has 4 rings (SSSR count). The maximum atomic E-state index is 11.8. The van der Waals surface area contributed by atoms with Gasteiger partial charge in [-0.3, -0.25) is 4.79 Å². The minimum absolute atomic E-state index is 0.155. The molecule has 0 bridgehead atoms. The average molecular weight is 342 g/mol. The van der Waals surface area contributed by atoms with E-state index in [1.807, 2.05) is 6.08 Å². The lowest BCUT2D eigenvalue weighted by atomic mass is 9.56. The molecule has 0 saturated heterocycles.